The maximum absolute atomic E-state index is 13.1. The highest BCUT2D eigenvalue weighted by Crippen LogP contribution is 2.25. The number of para-hydroxylation sites is 1. The Kier molecular flexibility index (Phi) is 6.20. The number of hydrogen-bond acceptors (Lipinski definition) is 3. The smallest absolute Gasteiger partial charge is 0.242 e. The summed E-state index contributed by atoms with van der Waals surface area (Å²) in [6, 6.07) is 12.8. The Hall–Kier alpha value is -3.68. The van der Waals surface area contributed by atoms with Crippen molar-refractivity contribution in [3.8, 4) is 0 Å². The number of anilines is 1. The van der Waals surface area contributed by atoms with Crippen LogP contribution >= 0.6 is 0 Å². The molecule has 7 nitrogen and oxygen atoms in total. The van der Waals surface area contributed by atoms with Gasteiger partial charge in [-0.1, -0.05) is 18.2 Å². The van der Waals surface area contributed by atoms with Crippen molar-refractivity contribution in [3.63, 3.8) is 0 Å². The van der Waals surface area contributed by atoms with E-state index in [4.69, 9.17) is 0 Å². The van der Waals surface area contributed by atoms with Crippen LogP contribution in [-0.2, 0) is 20.8 Å². The van der Waals surface area contributed by atoms with Crippen molar-refractivity contribution in [1.29, 1.82) is 0 Å². The Morgan fingerprint density at radius 2 is 1.94 bits per heavy atom. The van der Waals surface area contributed by atoms with E-state index in [0.717, 1.165) is 16.5 Å². The topological polar surface area (TPSA) is 94.3 Å². The summed E-state index contributed by atoms with van der Waals surface area (Å²) in [5.41, 5.74) is 2.72. The van der Waals surface area contributed by atoms with E-state index in [2.05, 4.69) is 15.6 Å². The zero-order valence-corrected chi connectivity index (χ0v) is 17.7. The van der Waals surface area contributed by atoms with Crippen molar-refractivity contribution in [3.05, 3.63) is 66.1 Å². The van der Waals surface area contributed by atoms with E-state index < -0.39 is 12.0 Å². The molecule has 2 atom stereocenters. The molecule has 0 bridgehead atoms. The largest absolute Gasteiger partial charge is 0.361 e. The van der Waals surface area contributed by atoms with Crippen molar-refractivity contribution in [2.75, 3.05) is 18.0 Å². The van der Waals surface area contributed by atoms with Gasteiger partial charge in [0.05, 0.1) is 5.92 Å². The van der Waals surface area contributed by atoms with Crippen LogP contribution in [0.2, 0.25) is 0 Å². The van der Waals surface area contributed by atoms with E-state index >= 15 is 0 Å². The van der Waals surface area contributed by atoms with Gasteiger partial charge < -0.3 is 20.5 Å². The fraction of sp³-hybridized carbons (Fsp3) is 0.292. The molecule has 3 aromatic rings. The van der Waals surface area contributed by atoms with E-state index in [1.165, 1.54) is 29.2 Å². The lowest BCUT2D eigenvalue weighted by atomic mass is 10.1. The molecule has 0 saturated carbocycles. The third-order valence-electron chi connectivity index (χ3n) is 5.75. The lowest BCUT2D eigenvalue weighted by Gasteiger charge is -2.18. The highest BCUT2D eigenvalue weighted by molar-refractivity contribution is 6.01. The highest BCUT2D eigenvalue weighted by atomic mass is 19.1. The van der Waals surface area contributed by atoms with Crippen molar-refractivity contribution in [1.82, 2.24) is 15.6 Å². The van der Waals surface area contributed by atoms with E-state index in [1.54, 1.807) is 6.92 Å². The molecule has 2 unspecified atom stereocenters. The highest BCUT2D eigenvalue weighted by Gasteiger charge is 2.36. The number of carbonyl (C=O) groups is 3. The van der Waals surface area contributed by atoms with E-state index in [0.29, 0.717) is 18.7 Å². The maximum atomic E-state index is 13.1. The first-order chi connectivity index (χ1) is 15.4. The van der Waals surface area contributed by atoms with E-state index in [-0.39, 0.29) is 36.5 Å². The van der Waals surface area contributed by atoms with Gasteiger partial charge in [-0.3, -0.25) is 14.4 Å². The molecule has 0 radical (unpaired) electrons. The van der Waals surface area contributed by atoms with Gasteiger partial charge in [-0.15, -0.1) is 0 Å². The Labute approximate surface area is 185 Å². The maximum Gasteiger partial charge on any atom is 0.242 e. The summed E-state index contributed by atoms with van der Waals surface area (Å²) in [7, 11) is 0. The average Bonchev–Trinajstić information content (AvgIpc) is 3.38. The lowest BCUT2D eigenvalue weighted by molar-refractivity contribution is -0.130. The predicted molar refractivity (Wildman–Crippen MR) is 119 cm³/mol. The van der Waals surface area contributed by atoms with E-state index in [9.17, 15) is 18.8 Å². The third-order valence-corrected chi connectivity index (χ3v) is 5.75. The van der Waals surface area contributed by atoms with E-state index in [1.807, 2.05) is 30.5 Å². The fourth-order valence-electron chi connectivity index (χ4n) is 3.96. The molecular weight excluding hydrogens is 411 g/mol. The van der Waals surface area contributed by atoms with Crippen LogP contribution in [0.5, 0.6) is 0 Å². The van der Waals surface area contributed by atoms with Gasteiger partial charge in [0.2, 0.25) is 17.7 Å². The molecule has 3 N–H and O–H groups in total. The van der Waals surface area contributed by atoms with Crippen LogP contribution < -0.4 is 15.5 Å². The summed E-state index contributed by atoms with van der Waals surface area (Å²) in [6.45, 7) is 2.26. The minimum absolute atomic E-state index is 0.0537. The van der Waals surface area contributed by atoms with Gasteiger partial charge in [-0.2, -0.15) is 0 Å². The fourth-order valence-corrected chi connectivity index (χ4v) is 3.96. The first kappa shape index (κ1) is 21.5. The number of nitrogens with one attached hydrogen (secondary N) is 3. The number of benzene rings is 2. The molecule has 2 aromatic carbocycles. The van der Waals surface area contributed by atoms with Gasteiger partial charge >= 0.3 is 0 Å². The molecular formula is C24H25FN4O3. The van der Waals surface area contributed by atoms with Gasteiger partial charge in [0.15, 0.2) is 0 Å². The molecule has 1 aliphatic heterocycles. The van der Waals surface area contributed by atoms with Crippen molar-refractivity contribution < 1.29 is 18.8 Å². The number of aromatic amines is 1. The number of nitrogens with zero attached hydrogens (tertiary/aromatic N) is 1. The quantitative estimate of drug-likeness (QED) is 0.531. The summed E-state index contributed by atoms with van der Waals surface area (Å²) in [6.07, 6.45) is 2.66. The van der Waals surface area contributed by atoms with Crippen LogP contribution in [0, 0.1) is 11.7 Å². The minimum atomic E-state index is -0.722. The Bertz CT molecular complexity index is 1140. The minimum Gasteiger partial charge on any atom is -0.361 e. The summed E-state index contributed by atoms with van der Waals surface area (Å²) >= 11 is 0. The molecule has 4 rings (SSSR count). The van der Waals surface area contributed by atoms with Crippen LogP contribution in [-0.4, -0.2) is 41.8 Å². The number of halogens is 1. The second-order valence-corrected chi connectivity index (χ2v) is 8.01. The Morgan fingerprint density at radius 1 is 1.19 bits per heavy atom. The van der Waals surface area contributed by atoms with Crippen LogP contribution in [0.25, 0.3) is 10.9 Å². The molecule has 2 heterocycles. The first-order valence-corrected chi connectivity index (χ1v) is 10.6. The van der Waals surface area contributed by atoms with Crippen molar-refractivity contribution >= 4 is 34.3 Å². The molecule has 1 aliphatic rings. The lowest BCUT2D eigenvalue weighted by Crippen LogP contribution is -2.47. The van der Waals surface area contributed by atoms with Crippen molar-refractivity contribution in [2.24, 2.45) is 5.92 Å². The second-order valence-electron chi connectivity index (χ2n) is 8.01. The average molecular weight is 436 g/mol. The van der Waals surface area contributed by atoms with Gasteiger partial charge in [-0.25, -0.2) is 4.39 Å². The van der Waals surface area contributed by atoms with Gasteiger partial charge in [0.1, 0.15) is 11.9 Å². The molecule has 32 heavy (non-hydrogen) atoms. The number of amides is 3. The molecule has 8 heteroatoms. The number of aromatic nitrogens is 1. The number of carbonyl (C=O) groups excluding carboxylic acids is 3. The monoisotopic (exact) mass is 436 g/mol. The molecule has 0 aliphatic carbocycles. The number of fused-ring (bicyclic) bond motifs is 1. The van der Waals surface area contributed by atoms with Crippen molar-refractivity contribution in [2.45, 2.75) is 25.8 Å². The zero-order valence-electron chi connectivity index (χ0n) is 17.7. The van der Waals surface area contributed by atoms with Crippen LogP contribution in [0.3, 0.4) is 0 Å². The first-order valence-electron chi connectivity index (χ1n) is 10.6. The second kappa shape index (κ2) is 9.21. The predicted octanol–water partition coefficient (Wildman–Crippen LogP) is 2.52. The Balaban J connectivity index is 1.26. The number of H-pyrrole nitrogens is 1. The summed E-state index contributed by atoms with van der Waals surface area (Å²) < 4.78 is 13.1. The normalized spacial score (nSPS) is 16.9. The third kappa shape index (κ3) is 4.64. The molecule has 0 spiro atoms. The summed E-state index contributed by atoms with van der Waals surface area (Å²) in [4.78, 5) is 42.0. The Morgan fingerprint density at radius 3 is 2.72 bits per heavy atom. The van der Waals surface area contributed by atoms with Crippen LogP contribution in [0.4, 0.5) is 10.1 Å². The number of hydrogen-bond donors (Lipinski definition) is 3. The van der Waals surface area contributed by atoms with Gasteiger partial charge in [-0.05, 0) is 49.2 Å². The summed E-state index contributed by atoms with van der Waals surface area (Å²) in [5.74, 6) is -1.78. The van der Waals surface area contributed by atoms with Gasteiger partial charge in [0, 0.05) is 42.3 Å². The SMILES string of the molecule is CC(NC(=O)C1CC(=O)N(c2ccc(F)cc2)C1)C(=O)NCCc1c[nH]c2ccccc12. The molecule has 166 valence electrons. The standard InChI is InChI=1S/C24H25FN4O3/c1-15(23(31)26-11-10-16-13-27-21-5-3-2-4-20(16)21)28-24(32)17-12-22(30)29(14-17)19-8-6-18(25)7-9-19/h2-9,13,15,17,27H,10-12,14H2,1H3,(H,26,31)(H,28,32). The summed E-state index contributed by atoms with van der Waals surface area (Å²) in [5, 5.41) is 6.67. The zero-order chi connectivity index (χ0) is 22.7. The molecule has 3 amide bonds. The van der Waals surface area contributed by atoms with Crippen LogP contribution in [0.1, 0.15) is 18.9 Å². The van der Waals surface area contributed by atoms with Gasteiger partial charge in [0.25, 0.3) is 0 Å². The molecule has 1 fully saturated rings. The molecule has 1 aromatic heterocycles. The van der Waals surface area contributed by atoms with Crippen LogP contribution in [0.15, 0.2) is 54.7 Å². The number of rotatable bonds is 7. The molecule has 1 saturated heterocycles.